The lowest BCUT2D eigenvalue weighted by Gasteiger charge is -2.35. The molecule has 108 valence electrons. The van der Waals surface area contributed by atoms with Crippen LogP contribution in [-0.4, -0.2) is 18.8 Å². The quantitative estimate of drug-likeness (QED) is 0.696. The van der Waals surface area contributed by atoms with E-state index in [4.69, 9.17) is 0 Å². The van der Waals surface area contributed by atoms with Gasteiger partial charge in [0.1, 0.15) is 0 Å². The first-order chi connectivity index (χ1) is 8.40. The number of halogens is 3. The Bertz CT molecular complexity index is 226. The Morgan fingerprint density at radius 2 is 1.78 bits per heavy atom. The predicted molar refractivity (Wildman–Crippen MR) is 68.5 cm³/mol. The zero-order chi connectivity index (χ0) is 13.6. The Morgan fingerprint density at radius 1 is 1.11 bits per heavy atom. The van der Waals surface area contributed by atoms with Crippen molar-refractivity contribution in [1.82, 2.24) is 5.32 Å². The maximum atomic E-state index is 12.0. The molecule has 0 radical (unpaired) electrons. The molecule has 0 bridgehead atoms. The number of hydrogen-bond acceptors (Lipinski definition) is 1. The smallest absolute Gasteiger partial charge is 0.314 e. The summed E-state index contributed by atoms with van der Waals surface area (Å²) in [7, 11) is 0. The molecule has 0 amide bonds. The van der Waals surface area contributed by atoms with Crippen molar-refractivity contribution < 1.29 is 13.2 Å². The molecule has 0 aromatic heterocycles. The maximum Gasteiger partial charge on any atom is 0.389 e. The van der Waals surface area contributed by atoms with Gasteiger partial charge in [0.2, 0.25) is 0 Å². The fourth-order valence-electron chi connectivity index (χ4n) is 2.95. The fourth-order valence-corrected chi connectivity index (χ4v) is 2.95. The molecule has 1 N–H and O–H groups in total. The van der Waals surface area contributed by atoms with Crippen molar-refractivity contribution in [2.75, 3.05) is 6.54 Å². The lowest BCUT2D eigenvalue weighted by molar-refractivity contribution is -0.135. The molecule has 4 heteroatoms. The summed E-state index contributed by atoms with van der Waals surface area (Å²) in [4.78, 5) is 0. The SMILES string of the molecule is CC(C)C1CCCCC1NCCCCC(F)(F)F. The van der Waals surface area contributed by atoms with Gasteiger partial charge in [0.05, 0.1) is 0 Å². The van der Waals surface area contributed by atoms with Crippen molar-refractivity contribution in [3.8, 4) is 0 Å². The summed E-state index contributed by atoms with van der Waals surface area (Å²) in [5.41, 5.74) is 0. The summed E-state index contributed by atoms with van der Waals surface area (Å²) >= 11 is 0. The van der Waals surface area contributed by atoms with Gasteiger partial charge in [-0.25, -0.2) is 0 Å². The highest BCUT2D eigenvalue weighted by Crippen LogP contribution is 2.30. The van der Waals surface area contributed by atoms with Crippen LogP contribution in [0.5, 0.6) is 0 Å². The highest BCUT2D eigenvalue weighted by atomic mass is 19.4. The highest BCUT2D eigenvalue weighted by Gasteiger charge is 2.28. The first-order valence-corrected chi connectivity index (χ1v) is 7.20. The summed E-state index contributed by atoms with van der Waals surface area (Å²) < 4.78 is 36.0. The Morgan fingerprint density at radius 3 is 2.39 bits per heavy atom. The molecule has 2 unspecified atom stereocenters. The fraction of sp³-hybridized carbons (Fsp3) is 1.00. The molecular formula is C14H26F3N. The third-order valence-electron chi connectivity index (χ3n) is 3.97. The van der Waals surface area contributed by atoms with Crippen molar-refractivity contribution in [2.45, 2.75) is 71.0 Å². The molecule has 1 rings (SSSR count). The van der Waals surface area contributed by atoms with Gasteiger partial charge < -0.3 is 5.32 Å². The van der Waals surface area contributed by atoms with E-state index in [9.17, 15) is 13.2 Å². The van der Waals surface area contributed by atoms with Crippen molar-refractivity contribution in [3.05, 3.63) is 0 Å². The van der Waals surface area contributed by atoms with E-state index < -0.39 is 12.6 Å². The van der Waals surface area contributed by atoms with Gasteiger partial charge in [-0.3, -0.25) is 0 Å². The van der Waals surface area contributed by atoms with E-state index >= 15 is 0 Å². The third-order valence-corrected chi connectivity index (χ3v) is 3.97. The van der Waals surface area contributed by atoms with Crippen LogP contribution in [-0.2, 0) is 0 Å². The van der Waals surface area contributed by atoms with Gasteiger partial charge in [-0.05, 0) is 44.1 Å². The van der Waals surface area contributed by atoms with Crippen molar-refractivity contribution >= 4 is 0 Å². The molecule has 1 aliphatic rings. The molecule has 0 aromatic rings. The van der Waals surface area contributed by atoms with Crippen molar-refractivity contribution in [3.63, 3.8) is 0 Å². The highest BCUT2D eigenvalue weighted by molar-refractivity contribution is 4.82. The lowest BCUT2D eigenvalue weighted by Crippen LogP contribution is -2.41. The van der Waals surface area contributed by atoms with E-state index in [0.29, 0.717) is 24.3 Å². The average Bonchev–Trinajstić information content (AvgIpc) is 2.27. The van der Waals surface area contributed by atoms with Crippen molar-refractivity contribution in [1.29, 1.82) is 0 Å². The number of hydrogen-bond donors (Lipinski definition) is 1. The van der Waals surface area contributed by atoms with E-state index in [2.05, 4.69) is 19.2 Å². The first kappa shape index (κ1) is 15.8. The zero-order valence-electron chi connectivity index (χ0n) is 11.5. The minimum Gasteiger partial charge on any atom is -0.314 e. The van der Waals surface area contributed by atoms with Crippen LogP contribution in [0.15, 0.2) is 0 Å². The van der Waals surface area contributed by atoms with Crippen molar-refractivity contribution in [2.24, 2.45) is 11.8 Å². The van der Waals surface area contributed by atoms with Gasteiger partial charge in [0.25, 0.3) is 0 Å². The largest absolute Gasteiger partial charge is 0.389 e. The molecule has 1 aliphatic carbocycles. The van der Waals surface area contributed by atoms with E-state index in [-0.39, 0.29) is 6.42 Å². The summed E-state index contributed by atoms with van der Waals surface area (Å²) in [5, 5.41) is 3.47. The predicted octanol–water partition coefficient (Wildman–Crippen LogP) is 4.52. The number of rotatable bonds is 6. The zero-order valence-corrected chi connectivity index (χ0v) is 11.5. The van der Waals surface area contributed by atoms with Gasteiger partial charge in [-0.2, -0.15) is 13.2 Å². The standard InChI is InChI=1S/C14H26F3N/c1-11(2)12-7-3-4-8-13(12)18-10-6-5-9-14(15,16)17/h11-13,18H,3-10H2,1-2H3. The third kappa shape index (κ3) is 6.07. The van der Waals surface area contributed by atoms with Crippen LogP contribution in [0.2, 0.25) is 0 Å². The summed E-state index contributed by atoms with van der Waals surface area (Å²) in [6.45, 7) is 5.21. The van der Waals surface area contributed by atoms with Gasteiger partial charge in [-0.1, -0.05) is 26.7 Å². The lowest BCUT2D eigenvalue weighted by atomic mass is 9.78. The summed E-state index contributed by atoms with van der Waals surface area (Å²) in [6.07, 6.45) is 1.23. The minimum atomic E-state index is -3.99. The van der Waals surface area contributed by atoms with Gasteiger partial charge in [-0.15, -0.1) is 0 Å². The van der Waals surface area contributed by atoms with Gasteiger partial charge in [0.15, 0.2) is 0 Å². The Kier molecular flexibility index (Phi) is 6.47. The van der Waals surface area contributed by atoms with Crippen LogP contribution < -0.4 is 5.32 Å². The Balaban J connectivity index is 2.17. The minimum absolute atomic E-state index is 0.246. The van der Waals surface area contributed by atoms with Crippen LogP contribution in [0.1, 0.15) is 58.8 Å². The van der Waals surface area contributed by atoms with Crippen LogP contribution >= 0.6 is 0 Å². The van der Waals surface area contributed by atoms with E-state index in [1.807, 2.05) is 0 Å². The van der Waals surface area contributed by atoms with E-state index in [1.165, 1.54) is 25.7 Å². The molecule has 0 aliphatic heterocycles. The monoisotopic (exact) mass is 265 g/mol. The van der Waals surface area contributed by atoms with E-state index in [1.54, 1.807) is 0 Å². The Labute approximate surface area is 109 Å². The molecule has 0 heterocycles. The number of unbranched alkanes of at least 4 members (excludes halogenated alkanes) is 1. The summed E-state index contributed by atoms with van der Waals surface area (Å²) in [5.74, 6) is 1.36. The molecule has 2 atom stereocenters. The number of alkyl halides is 3. The second kappa shape index (κ2) is 7.37. The topological polar surface area (TPSA) is 12.0 Å². The molecule has 1 nitrogen and oxygen atoms in total. The van der Waals surface area contributed by atoms with Crippen LogP contribution in [0.3, 0.4) is 0 Å². The first-order valence-electron chi connectivity index (χ1n) is 7.20. The molecule has 1 saturated carbocycles. The number of nitrogens with one attached hydrogen (secondary N) is 1. The average molecular weight is 265 g/mol. The molecule has 1 fully saturated rings. The van der Waals surface area contributed by atoms with Gasteiger partial charge >= 0.3 is 6.18 Å². The molecule has 0 aromatic carbocycles. The normalized spacial score (nSPS) is 25.7. The summed E-state index contributed by atoms with van der Waals surface area (Å²) in [6, 6.07) is 0.518. The van der Waals surface area contributed by atoms with Gasteiger partial charge in [0, 0.05) is 12.5 Å². The molecule has 0 saturated heterocycles. The van der Waals surface area contributed by atoms with Crippen LogP contribution in [0, 0.1) is 11.8 Å². The molecule has 18 heavy (non-hydrogen) atoms. The second-order valence-corrected chi connectivity index (χ2v) is 5.83. The second-order valence-electron chi connectivity index (χ2n) is 5.83. The van der Waals surface area contributed by atoms with Crippen LogP contribution in [0.25, 0.3) is 0 Å². The van der Waals surface area contributed by atoms with E-state index in [0.717, 1.165) is 6.54 Å². The molecule has 0 spiro atoms. The maximum absolute atomic E-state index is 12.0. The van der Waals surface area contributed by atoms with Crippen LogP contribution in [0.4, 0.5) is 13.2 Å². The molecular weight excluding hydrogens is 239 g/mol. The Hall–Kier alpha value is -0.250.